The van der Waals surface area contributed by atoms with Crippen LogP contribution < -0.4 is 9.47 Å². The van der Waals surface area contributed by atoms with Gasteiger partial charge in [-0.2, -0.15) is 4.39 Å². The third kappa shape index (κ3) is 3.37. The Balaban J connectivity index is 2.24. The topological polar surface area (TPSA) is 35.5 Å². The highest BCUT2D eigenvalue weighted by atomic mass is 19.2. The maximum atomic E-state index is 13.5. The monoisotopic (exact) mass is 292 g/mol. The molecular formula is C16H14F2O3. The molecule has 0 aliphatic rings. The zero-order valence-corrected chi connectivity index (χ0v) is 11.7. The third-order valence-electron chi connectivity index (χ3n) is 2.99. The Morgan fingerprint density at radius 1 is 1.14 bits per heavy atom. The van der Waals surface area contributed by atoms with Gasteiger partial charge in [0.25, 0.3) is 0 Å². The lowest BCUT2D eigenvalue weighted by atomic mass is 10.1. The van der Waals surface area contributed by atoms with Gasteiger partial charge in [-0.25, -0.2) is 4.39 Å². The van der Waals surface area contributed by atoms with Crippen LogP contribution in [0.5, 0.6) is 11.5 Å². The molecule has 0 bridgehead atoms. The van der Waals surface area contributed by atoms with Crippen LogP contribution in [-0.4, -0.2) is 12.9 Å². The number of ether oxygens (including phenoxy) is 2. The number of ketones is 1. The minimum atomic E-state index is -1.04. The summed E-state index contributed by atoms with van der Waals surface area (Å²) in [6, 6.07) is 8.58. The molecule has 0 heterocycles. The number of benzene rings is 2. The Morgan fingerprint density at radius 2 is 1.90 bits per heavy atom. The van der Waals surface area contributed by atoms with Crippen LogP contribution in [0.15, 0.2) is 36.4 Å². The highest BCUT2D eigenvalue weighted by Crippen LogP contribution is 2.24. The second-order valence-electron chi connectivity index (χ2n) is 4.42. The summed E-state index contributed by atoms with van der Waals surface area (Å²) in [6.07, 6.45) is 0. The third-order valence-corrected chi connectivity index (χ3v) is 2.99. The van der Waals surface area contributed by atoms with Crippen molar-refractivity contribution in [1.29, 1.82) is 0 Å². The summed E-state index contributed by atoms with van der Waals surface area (Å²) in [4.78, 5) is 11.4. The highest BCUT2D eigenvalue weighted by Gasteiger charge is 2.12. The van der Waals surface area contributed by atoms with Gasteiger partial charge < -0.3 is 9.47 Å². The summed E-state index contributed by atoms with van der Waals surface area (Å²) in [5, 5.41) is 0. The molecule has 0 aromatic heterocycles. The molecule has 0 N–H and O–H groups in total. The van der Waals surface area contributed by atoms with Crippen LogP contribution >= 0.6 is 0 Å². The second-order valence-corrected chi connectivity index (χ2v) is 4.42. The van der Waals surface area contributed by atoms with Gasteiger partial charge in [0.1, 0.15) is 12.4 Å². The van der Waals surface area contributed by atoms with E-state index < -0.39 is 11.6 Å². The second kappa shape index (κ2) is 6.35. The van der Waals surface area contributed by atoms with E-state index in [4.69, 9.17) is 9.47 Å². The molecular weight excluding hydrogens is 278 g/mol. The van der Waals surface area contributed by atoms with Crippen molar-refractivity contribution in [3.8, 4) is 11.5 Å². The van der Waals surface area contributed by atoms with Gasteiger partial charge in [-0.1, -0.05) is 6.07 Å². The molecule has 0 saturated carbocycles. The molecule has 0 fully saturated rings. The SMILES string of the molecule is COc1ccc(C(C)=O)cc1COc1cccc(F)c1F. The van der Waals surface area contributed by atoms with Crippen LogP contribution in [0.2, 0.25) is 0 Å². The summed E-state index contributed by atoms with van der Waals surface area (Å²) in [5.41, 5.74) is 1.07. The molecule has 21 heavy (non-hydrogen) atoms. The summed E-state index contributed by atoms with van der Waals surface area (Å²) < 4.78 is 37.0. The lowest BCUT2D eigenvalue weighted by Crippen LogP contribution is -2.03. The summed E-state index contributed by atoms with van der Waals surface area (Å²) in [7, 11) is 1.48. The first-order chi connectivity index (χ1) is 10.0. The van der Waals surface area contributed by atoms with E-state index in [-0.39, 0.29) is 18.1 Å². The molecule has 0 aliphatic carbocycles. The minimum absolute atomic E-state index is 0.0370. The molecule has 0 saturated heterocycles. The van der Waals surface area contributed by atoms with E-state index in [2.05, 4.69) is 0 Å². The molecule has 0 radical (unpaired) electrons. The first kappa shape index (κ1) is 15.0. The Morgan fingerprint density at radius 3 is 2.57 bits per heavy atom. The molecule has 2 rings (SSSR count). The fourth-order valence-corrected chi connectivity index (χ4v) is 1.86. The zero-order chi connectivity index (χ0) is 15.4. The van der Waals surface area contributed by atoms with E-state index in [0.29, 0.717) is 16.9 Å². The fourth-order valence-electron chi connectivity index (χ4n) is 1.86. The van der Waals surface area contributed by atoms with Gasteiger partial charge in [-0.05, 0) is 37.3 Å². The van der Waals surface area contributed by atoms with Crippen LogP contribution in [0.25, 0.3) is 0 Å². The van der Waals surface area contributed by atoms with Crippen molar-refractivity contribution in [2.45, 2.75) is 13.5 Å². The highest BCUT2D eigenvalue weighted by molar-refractivity contribution is 5.94. The smallest absolute Gasteiger partial charge is 0.200 e. The van der Waals surface area contributed by atoms with Crippen molar-refractivity contribution < 1.29 is 23.0 Å². The van der Waals surface area contributed by atoms with Crippen molar-refractivity contribution in [1.82, 2.24) is 0 Å². The Kier molecular flexibility index (Phi) is 4.52. The molecule has 0 amide bonds. The van der Waals surface area contributed by atoms with Gasteiger partial charge in [0.15, 0.2) is 17.3 Å². The van der Waals surface area contributed by atoms with Gasteiger partial charge in [0.05, 0.1) is 7.11 Å². The van der Waals surface area contributed by atoms with Crippen LogP contribution in [0.3, 0.4) is 0 Å². The normalized spacial score (nSPS) is 10.3. The molecule has 110 valence electrons. The number of rotatable bonds is 5. The van der Waals surface area contributed by atoms with E-state index in [9.17, 15) is 13.6 Å². The summed E-state index contributed by atoms with van der Waals surface area (Å²) in [5.74, 6) is -1.80. The Hall–Kier alpha value is -2.43. The van der Waals surface area contributed by atoms with E-state index in [1.807, 2.05) is 0 Å². The molecule has 2 aromatic carbocycles. The number of hydrogen-bond donors (Lipinski definition) is 0. The fraction of sp³-hybridized carbons (Fsp3) is 0.188. The largest absolute Gasteiger partial charge is 0.496 e. The molecule has 0 spiro atoms. The van der Waals surface area contributed by atoms with Crippen molar-refractivity contribution in [3.63, 3.8) is 0 Å². The zero-order valence-electron chi connectivity index (χ0n) is 11.7. The minimum Gasteiger partial charge on any atom is -0.496 e. The first-order valence-corrected chi connectivity index (χ1v) is 6.27. The standard InChI is InChI=1S/C16H14F2O3/c1-10(19)11-6-7-14(20-2)12(8-11)9-21-15-5-3-4-13(17)16(15)18/h3-8H,9H2,1-2H3. The van der Waals surface area contributed by atoms with Crippen molar-refractivity contribution >= 4 is 5.78 Å². The average molecular weight is 292 g/mol. The number of carbonyl (C=O) groups excluding carboxylic acids is 1. The van der Waals surface area contributed by atoms with Crippen LogP contribution in [-0.2, 0) is 6.61 Å². The van der Waals surface area contributed by atoms with Crippen molar-refractivity contribution in [3.05, 3.63) is 59.2 Å². The molecule has 0 aliphatic heterocycles. The quantitative estimate of drug-likeness (QED) is 0.787. The van der Waals surface area contributed by atoms with Gasteiger partial charge in [-0.3, -0.25) is 4.79 Å². The van der Waals surface area contributed by atoms with Gasteiger partial charge in [0.2, 0.25) is 5.82 Å². The van der Waals surface area contributed by atoms with Crippen LogP contribution in [0.1, 0.15) is 22.8 Å². The number of Topliss-reactive ketones (excluding diaryl/α,β-unsaturated/α-hetero) is 1. The number of hydrogen-bond acceptors (Lipinski definition) is 3. The van der Waals surface area contributed by atoms with E-state index in [1.54, 1.807) is 18.2 Å². The summed E-state index contributed by atoms with van der Waals surface area (Å²) >= 11 is 0. The van der Waals surface area contributed by atoms with Crippen molar-refractivity contribution in [2.24, 2.45) is 0 Å². The predicted octanol–water partition coefficient (Wildman–Crippen LogP) is 3.76. The van der Waals surface area contributed by atoms with Gasteiger partial charge in [-0.15, -0.1) is 0 Å². The number of halogens is 2. The molecule has 0 unspecified atom stereocenters. The Bertz CT molecular complexity index is 669. The van der Waals surface area contributed by atoms with Crippen LogP contribution in [0.4, 0.5) is 8.78 Å². The van der Waals surface area contributed by atoms with Gasteiger partial charge >= 0.3 is 0 Å². The number of methoxy groups -OCH3 is 1. The van der Waals surface area contributed by atoms with E-state index in [0.717, 1.165) is 6.07 Å². The van der Waals surface area contributed by atoms with Crippen molar-refractivity contribution in [2.75, 3.05) is 7.11 Å². The summed E-state index contributed by atoms with van der Waals surface area (Å²) in [6.45, 7) is 1.41. The lowest BCUT2D eigenvalue weighted by molar-refractivity contribution is 0.101. The van der Waals surface area contributed by atoms with Crippen LogP contribution in [0, 0.1) is 11.6 Å². The predicted molar refractivity (Wildman–Crippen MR) is 73.7 cm³/mol. The first-order valence-electron chi connectivity index (χ1n) is 6.27. The number of carbonyl (C=O) groups is 1. The van der Waals surface area contributed by atoms with E-state index >= 15 is 0 Å². The average Bonchev–Trinajstić information content (AvgIpc) is 2.48. The lowest BCUT2D eigenvalue weighted by Gasteiger charge is -2.12. The van der Waals surface area contributed by atoms with E-state index in [1.165, 1.54) is 26.2 Å². The van der Waals surface area contributed by atoms with Gasteiger partial charge in [0, 0.05) is 11.1 Å². The maximum Gasteiger partial charge on any atom is 0.200 e. The Labute approximate surface area is 121 Å². The molecule has 5 heteroatoms. The maximum absolute atomic E-state index is 13.5. The molecule has 3 nitrogen and oxygen atoms in total. The molecule has 2 aromatic rings. The molecule has 0 atom stereocenters.